The first-order valence-electron chi connectivity index (χ1n) is 7.35. The summed E-state index contributed by atoms with van der Waals surface area (Å²) < 4.78 is 0. The summed E-state index contributed by atoms with van der Waals surface area (Å²) in [7, 11) is 0. The highest BCUT2D eigenvalue weighted by molar-refractivity contribution is 6.17. The van der Waals surface area contributed by atoms with Gasteiger partial charge in [-0.3, -0.25) is 0 Å². The van der Waals surface area contributed by atoms with E-state index in [1.807, 2.05) is 0 Å². The molecule has 1 aliphatic rings. The van der Waals surface area contributed by atoms with Gasteiger partial charge >= 0.3 is 0 Å². The van der Waals surface area contributed by atoms with E-state index in [-0.39, 0.29) is 0 Å². The number of piperidine rings is 1. The van der Waals surface area contributed by atoms with Crippen molar-refractivity contribution in [1.82, 2.24) is 15.2 Å². The zero-order valence-corrected chi connectivity index (χ0v) is 12.7. The third-order valence-electron chi connectivity index (χ3n) is 3.82. The summed E-state index contributed by atoms with van der Waals surface area (Å²) in [6, 6.07) is 0.477. The summed E-state index contributed by atoms with van der Waals surface area (Å²) in [5.74, 6) is 1.49. The molecule has 1 fully saturated rings. The molecule has 0 aromatic carbocycles. The van der Waals surface area contributed by atoms with Gasteiger partial charge in [0.1, 0.15) is 0 Å². The van der Waals surface area contributed by atoms with Crippen molar-refractivity contribution >= 4 is 17.5 Å². The van der Waals surface area contributed by atoms with Gasteiger partial charge in [-0.05, 0) is 38.5 Å². The van der Waals surface area contributed by atoms with E-state index >= 15 is 0 Å². The second-order valence-corrected chi connectivity index (χ2v) is 5.41. The largest absolute Gasteiger partial charge is 0.336 e. The van der Waals surface area contributed by atoms with Crippen molar-refractivity contribution in [2.75, 3.05) is 17.3 Å². The second kappa shape index (κ2) is 7.04. The summed E-state index contributed by atoms with van der Waals surface area (Å²) in [4.78, 5) is 7.03. The monoisotopic (exact) mass is 282 g/mol. The molecule has 106 valence electrons. The van der Waals surface area contributed by atoms with Gasteiger partial charge in [0.15, 0.2) is 0 Å². The van der Waals surface area contributed by atoms with E-state index in [0.717, 1.165) is 43.1 Å². The van der Waals surface area contributed by atoms with Gasteiger partial charge in [0, 0.05) is 18.5 Å². The van der Waals surface area contributed by atoms with E-state index in [0.29, 0.717) is 11.9 Å². The molecule has 19 heavy (non-hydrogen) atoms. The lowest BCUT2D eigenvalue weighted by Gasteiger charge is -2.35. The first-order chi connectivity index (χ1) is 9.30. The number of rotatable bonds is 5. The number of hydrogen-bond donors (Lipinski definition) is 0. The van der Waals surface area contributed by atoms with Crippen LogP contribution in [0.5, 0.6) is 0 Å². The first-order valence-corrected chi connectivity index (χ1v) is 7.88. The first kappa shape index (κ1) is 14.5. The van der Waals surface area contributed by atoms with E-state index in [9.17, 15) is 0 Å². The lowest BCUT2D eigenvalue weighted by atomic mass is 10.0. The Morgan fingerprint density at radius 2 is 1.95 bits per heavy atom. The highest BCUT2D eigenvalue weighted by Gasteiger charge is 2.24. The van der Waals surface area contributed by atoms with Crippen LogP contribution in [0.25, 0.3) is 0 Å². The average Bonchev–Trinajstić information content (AvgIpc) is 2.47. The van der Waals surface area contributed by atoms with Crippen LogP contribution in [-0.2, 0) is 12.8 Å². The Morgan fingerprint density at radius 3 is 2.63 bits per heavy atom. The smallest absolute Gasteiger partial charge is 0.245 e. The molecule has 0 aliphatic carbocycles. The molecule has 0 spiro atoms. The van der Waals surface area contributed by atoms with Gasteiger partial charge in [-0.1, -0.05) is 13.8 Å². The Balaban J connectivity index is 2.23. The van der Waals surface area contributed by atoms with Gasteiger partial charge in [-0.15, -0.1) is 16.7 Å². The van der Waals surface area contributed by atoms with Gasteiger partial charge in [0.2, 0.25) is 5.95 Å². The molecule has 1 aromatic rings. The van der Waals surface area contributed by atoms with Crippen LogP contribution in [0, 0.1) is 0 Å². The molecule has 0 saturated carbocycles. The summed E-state index contributed by atoms with van der Waals surface area (Å²) >= 11 is 5.91. The van der Waals surface area contributed by atoms with E-state index in [1.54, 1.807) is 0 Å². The van der Waals surface area contributed by atoms with Crippen LogP contribution >= 0.6 is 11.6 Å². The molecule has 0 bridgehead atoms. The highest BCUT2D eigenvalue weighted by atomic mass is 35.5. The second-order valence-electron chi connectivity index (χ2n) is 5.03. The minimum Gasteiger partial charge on any atom is -0.336 e. The zero-order valence-electron chi connectivity index (χ0n) is 11.9. The van der Waals surface area contributed by atoms with Gasteiger partial charge < -0.3 is 4.90 Å². The van der Waals surface area contributed by atoms with E-state index in [4.69, 9.17) is 16.6 Å². The Kier molecular flexibility index (Phi) is 5.37. The lowest BCUT2D eigenvalue weighted by molar-refractivity contribution is 0.442. The molecule has 5 heteroatoms. The Morgan fingerprint density at radius 1 is 1.16 bits per heavy atom. The number of nitrogens with zero attached hydrogens (tertiary/aromatic N) is 4. The number of aryl methyl sites for hydroxylation is 2. The fourth-order valence-corrected chi connectivity index (χ4v) is 2.99. The fourth-order valence-electron chi connectivity index (χ4n) is 2.74. The van der Waals surface area contributed by atoms with Crippen LogP contribution in [0.2, 0.25) is 0 Å². The minimum atomic E-state index is 0.477. The molecular weight excluding hydrogens is 260 g/mol. The maximum absolute atomic E-state index is 5.91. The van der Waals surface area contributed by atoms with Crippen molar-refractivity contribution in [3.05, 3.63) is 11.4 Å². The summed E-state index contributed by atoms with van der Waals surface area (Å²) in [5, 5.41) is 8.69. The molecule has 0 radical (unpaired) electrons. The third kappa shape index (κ3) is 3.35. The van der Waals surface area contributed by atoms with Crippen molar-refractivity contribution in [2.45, 2.75) is 58.4 Å². The molecule has 1 saturated heterocycles. The van der Waals surface area contributed by atoms with Gasteiger partial charge in [0.05, 0.1) is 11.4 Å². The Bertz CT molecular complexity index is 408. The van der Waals surface area contributed by atoms with Gasteiger partial charge in [0.25, 0.3) is 0 Å². The predicted octanol–water partition coefficient (Wildman–Crippen LogP) is 2.98. The summed E-state index contributed by atoms with van der Waals surface area (Å²) in [6.07, 6.45) is 6.49. The van der Waals surface area contributed by atoms with E-state index in [1.165, 1.54) is 19.3 Å². The number of halogens is 1. The quantitative estimate of drug-likeness (QED) is 0.779. The van der Waals surface area contributed by atoms with Crippen molar-refractivity contribution in [3.8, 4) is 0 Å². The number of hydrogen-bond acceptors (Lipinski definition) is 4. The van der Waals surface area contributed by atoms with Crippen molar-refractivity contribution in [1.29, 1.82) is 0 Å². The number of alkyl halides is 1. The standard InChI is InChI=1S/C14H23ClN4/c1-3-12-13(4-2)17-18-14(16-12)19-10-6-5-7-11(19)8-9-15/h11H,3-10H2,1-2H3. The SMILES string of the molecule is CCc1nnc(N2CCCCC2CCCl)nc1CC. The van der Waals surface area contributed by atoms with E-state index < -0.39 is 0 Å². The number of anilines is 1. The van der Waals surface area contributed by atoms with Crippen LogP contribution in [-0.4, -0.2) is 33.6 Å². The molecule has 2 heterocycles. The minimum absolute atomic E-state index is 0.477. The molecule has 1 aromatic heterocycles. The molecule has 1 aliphatic heterocycles. The molecule has 1 unspecified atom stereocenters. The van der Waals surface area contributed by atoms with Crippen molar-refractivity contribution in [2.24, 2.45) is 0 Å². The van der Waals surface area contributed by atoms with Gasteiger partial charge in [-0.2, -0.15) is 5.10 Å². The van der Waals surface area contributed by atoms with Crippen LogP contribution in [0.1, 0.15) is 50.9 Å². The predicted molar refractivity (Wildman–Crippen MR) is 78.9 cm³/mol. The van der Waals surface area contributed by atoms with Crippen molar-refractivity contribution < 1.29 is 0 Å². The van der Waals surface area contributed by atoms with Crippen LogP contribution in [0.15, 0.2) is 0 Å². The van der Waals surface area contributed by atoms with Crippen LogP contribution in [0.4, 0.5) is 5.95 Å². The summed E-state index contributed by atoms with van der Waals surface area (Å²) in [5.41, 5.74) is 2.11. The topological polar surface area (TPSA) is 41.9 Å². The average molecular weight is 283 g/mol. The Hall–Kier alpha value is -0.900. The van der Waals surface area contributed by atoms with E-state index in [2.05, 4.69) is 28.9 Å². The molecule has 1 atom stereocenters. The zero-order chi connectivity index (χ0) is 13.7. The summed E-state index contributed by atoms with van der Waals surface area (Å²) in [6.45, 7) is 5.25. The number of aromatic nitrogens is 3. The van der Waals surface area contributed by atoms with Gasteiger partial charge in [-0.25, -0.2) is 4.98 Å². The maximum Gasteiger partial charge on any atom is 0.245 e. The third-order valence-corrected chi connectivity index (χ3v) is 4.04. The molecule has 0 N–H and O–H groups in total. The fraction of sp³-hybridized carbons (Fsp3) is 0.786. The van der Waals surface area contributed by atoms with Crippen LogP contribution in [0.3, 0.4) is 0 Å². The lowest BCUT2D eigenvalue weighted by Crippen LogP contribution is -2.41. The Labute approximate surface area is 120 Å². The molecule has 0 amide bonds. The molecule has 2 rings (SSSR count). The van der Waals surface area contributed by atoms with Crippen LogP contribution < -0.4 is 4.90 Å². The maximum atomic E-state index is 5.91. The van der Waals surface area contributed by atoms with Crippen molar-refractivity contribution in [3.63, 3.8) is 0 Å². The molecule has 4 nitrogen and oxygen atoms in total. The normalized spacial score (nSPS) is 19.7. The molecular formula is C14H23ClN4. The highest BCUT2D eigenvalue weighted by Crippen LogP contribution is 2.24.